The van der Waals surface area contributed by atoms with Crippen LogP contribution in [-0.2, 0) is 0 Å². The highest BCUT2D eigenvalue weighted by molar-refractivity contribution is 7.17. The first-order valence-electron chi connectivity index (χ1n) is 10.1. The van der Waals surface area contributed by atoms with E-state index in [1.54, 1.807) is 25.1 Å². The van der Waals surface area contributed by atoms with Crippen molar-refractivity contribution in [3.8, 4) is 11.5 Å². The molecule has 3 N–H and O–H groups in total. The third-order valence-corrected chi connectivity index (χ3v) is 6.01. The lowest BCUT2D eigenvalue weighted by atomic mass is 10.1. The van der Waals surface area contributed by atoms with E-state index < -0.39 is 6.03 Å². The number of rotatable bonds is 4. The maximum absolute atomic E-state index is 12.9. The van der Waals surface area contributed by atoms with Gasteiger partial charge >= 0.3 is 6.03 Å². The number of amides is 3. The highest BCUT2D eigenvalue weighted by Gasteiger charge is 2.19. The molecule has 4 rings (SSSR count). The van der Waals surface area contributed by atoms with Gasteiger partial charge in [-0.15, -0.1) is 0 Å². The molecule has 32 heavy (non-hydrogen) atoms. The number of aryl methyl sites for hydroxylation is 4. The van der Waals surface area contributed by atoms with Gasteiger partial charge in [0.2, 0.25) is 0 Å². The Morgan fingerprint density at radius 3 is 2.31 bits per heavy atom. The van der Waals surface area contributed by atoms with E-state index in [1.165, 1.54) is 0 Å². The fourth-order valence-electron chi connectivity index (χ4n) is 3.59. The number of thiazole rings is 1. The minimum atomic E-state index is -0.465. The first kappa shape index (κ1) is 21.6. The summed E-state index contributed by atoms with van der Waals surface area (Å²) in [7, 11) is 0. The van der Waals surface area contributed by atoms with Crippen molar-refractivity contribution < 1.29 is 19.1 Å². The van der Waals surface area contributed by atoms with Gasteiger partial charge in [0.25, 0.3) is 5.91 Å². The molecule has 0 aliphatic carbocycles. The smallest absolute Gasteiger partial charge is 0.325 e. The number of hydrogen-bond donors (Lipinski definition) is 3. The molecule has 2 aromatic carbocycles. The number of nitrogens with zero attached hydrogens (tertiary/aromatic N) is 1. The number of benzene rings is 2. The van der Waals surface area contributed by atoms with Crippen molar-refractivity contribution in [3.05, 3.63) is 57.6 Å². The van der Waals surface area contributed by atoms with Crippen LogP contribution in [0.3, 0.4) is 0 Å². The van der Waals surface area contributed by atoms with Crippen molar-refractivity contribution >= 4 is 39.8 Å². The van der Waals surface area contributed by atoms with Gasteiger partial charge in [-0.05, 0) is 51.0 Å². The molecule has 2 heterocycles. The molecule has 1 aromatic heterocycles. The second-order valence-corrected chi connectivity index (χ2v) is 8.60. The van der Waals surface area contributed by atoms with Crippen molar-refractivity contribution in [2.24, 2.45) is 0 Å². The highest BCUT2D eigenvalue weighted by Crippen LogP contribution is 2.33. The van der Waals surface area contributed by atoms with Gasteiger partial charge in [-0.3, -0.25) is 10.1 Å². The van der Waals surface area contributed by atoms with E-state index in [0.717, 1.165) is 33.7 Å². The molecule has 0 bridgehead atoms. The summed E-state index contributed by atoms with van der Waals surface area (Å²) in [5.41, 5.74) is 5.03. The molecule has 8 nitrogen and oxygen atoms in total. The summed E-state index contributed by atoms with van der Waals surface area (Å²) in [6.45, 7) is 8.65. The van der Waals surface area contributed by atoms with Gasteiger partial charge in [0.15, 0.2) is 16.6 Å². The molecule has 166 valence electrons. The number of anilines is 3. The van der Waals surface area contributed by atoms with Crippen LogP contribution in [0.15, 0.2) is 30.3 Å². The van der Waals surface area contributed by atoms with Gasteiger partial charge in [-0.25, -0.2) is 9.78 Å². The zero-order valence-corrected chi connectivity index (χ0v) is 19.1. The standard InChI is InChI=1S/C23H24N4O4S/c1-12-9-13(2)19(14(3)10-12)26-21(28)20-15(4)24-23(32-20)27-22(29)25-16-5-6-17-18(11-16)31-8-7-30-17/h5-6,9-11H,7-8H2,1-4H3,(H,26,28)(H2,24,25,27,29). The number of nitrogens with one attached hydrogen (secondary N) is 3. The second kappa shape index (κ2) is 8.88. The van der Waals surface area contributed by atoms with Gasteiger partial charge in [0.1, 0.15) is 18.1 Å². The number of urea groups is 1. The molecular formula is C23H24N4O4S. The van der Waals surface area contributed by atoms with Crippen molar-refractivity contribution in [1.29, 1.82) is 0 Å². The third kappa shape index (κ3) is 4.67. The number of carbonyl (C=O) groups is 2. The predicted molar refractivity (Wildman–Crippen MR) is 126 cm³/mol. The molecule has 9 heteroatoms. The molecule has 1 aliphatic rings. The first-order valence-corrected chi connectivity index (χ1v) is 11.0. The summed E-state index contributed by atoms with van der Waals surface area (Å²) in [6, 6.07) is 8.76. The zero-order chi connectivity index (χ0) is 22.8. The molecule has 0 saturated carbocycles. The Kier molecular flexibility index (Phi) is 6.00. The number of fused-ring (bicyclic) bond motifs is 1. The van der Waals surface area contributed by atoms with Crippen LogP contribution in [0.4, 0.5) is 21.3 Å². The summed E-state index contributed by atoms with van der Waals surface area (Å²) < 4.78 is 11.0. The minimum absolute atomic E-state index is 0.254. The monoisotopic (exact) mass is 452 g/mol. The van der Waals surface area contributed by atoms with Crippen LogP contribution in [0.5, 0.6) is 11.5 Å². The van der Waals surface area contributed by atoms with Gasteiger partial charge in [-0.1, -0.05) is 29.0 Å². The second-order valence-electron chi connectivity index (χ2n) is 7.60. The van der Waals surface area contributed by atoms with Crippen LogP contribution in [0.2, 0.25) is 0 Å². The predicted octanol–water partition coefficient (Wildman–Crippen LogP) is 5.04. The maximum atomic E-state index is 12.9. The van der Waals surface area contributed by atoms with Crippen LogP contribution in [-0.4, -0.2) is 30.1 Å². The first-order chi connectivity index (χ1) is 15.3. The van der Waals surface area contributed by atoms with Crippen LogP contribution in [0.25, 0.3) is 0 Å². The Morgan fingerprint density at radius 2 is 1.59 bits per heavy atom. The van der Waals surface area contributed by atoms with Gasteiger partial charge in [0, 0.05) is 17.4 Å². The Labute approximate surface area is 190 Å². The van der Waals surface area contributed by atoms with E-state index >= 15 is 0 Å². The molecule has 0 saturated heterocycles. The van der Waals surface area contributed by atoms with Crippen molar-refractivity contribution in [3.63, 3.8) is 0 Å². The van der Waals surface area contributed by atoms with Gasteiger partial charge in [-0.2, -0.15) is 0 Å². The lowest BCUT2D eigenvalue weighted by Gasteiger charge is -2.18. The Hall–Kier alpha value is -3.59. The van der Waals surface area contributed by atoms with E-state index in [9.17, 15) is 9.59 Å². The van der Waals surface area contributed by atoms with Crippen LogP contribution in [0, 0.1) is 27.7 Å². The summed E-state index contributed by atoms with van der Waals surface area (Å²) in [5.74, 6) is 0.975. The van der Waals surface area contributed by atoms with Crippen molar-refractivity contribution in [1.82, 2.24) is 4.98 Å². The zero-order valence-electron chi connectivity index (χ0n) is 18.3. The van der Waals surface area contributed by atoms with Crippen molar-refractivity contribution in [2.45, 2.75) is 27.7 Å². The molecule has 0 atom stereocenters. The molecule has 0 fully saturated rings. The Morgan fingerprint density at radius 1 is 0.906 bits per heavy atom. The van der Waals surface area contributed by atoms with Gasteiger partial charge < -0.3 is 20.1 Å². The number of aromatic nitrogens is 1. The van der Waals surface area contributed by atoms with Gasteiger partial charge in [0.05, 0.1) is 5.69 Å². The maximum Gasteiger partial charge on any atom is 0.325 e. The fraction of sp³-hybridized carbons (Fsp3) is 0.261. The number of ether oxygens (including phenoxy) is 2. The minimum Gasteiger partial charge on any atom is -0.486 e. The largest absolute Gasteiger partial charge is 0.486 e. The average Bonchev–Trinajstić information content (AvgIpc) is 3.10. The van der Waals surface area contributed by atoms with Crippen LogP contribution >= 0.6 is 11.3 Å². The summed E-state index contributed by atoms with van der Waals surface area (Å²) in [6.07, 6.45) is 0. The normalized spacial score (nSPS) is 12.2. The molecule has 3 amide bonds. The molecule has 1 aliphatic heterocycles. The van der Waals surface area contributed by atoms with Crippen LogP contribution in [0.1, 0.15) is 32.1 Å². The summed E-state index contributed by atoms with van der Waals surface area (Å²) in [4.78, 5) is 30.0. The fourth-order valence-corrected chi connectivity index (χ4v) is 4.45. The van der Waals surface area contributed by atoms with E-state index in [4.69, 9.17) is 9.47 Å². The average molecular weight is 453 g/mol. The quantitative estimate of drug-likeness (QED) is 0.515. The Balaban J connectivity index is 1.43. The highest BCUT2D eigenvalue weighted by atomic mass is 32.1. The molecule has 3 aromatic rings. The lowest BCUT2D eigenvalue weighted by Crippen LogP contribution is -2.20. The molecule has 0 unspecified atom stereocenters. The SMILES string of the molecule is Cc1cc(C)c(NC(=O)c2sc(NC(=O)Nc3ccc4c(c3)OCCO4)nc2C)c(C)c1. The van der Waals surface area contributed by atoms with Crippen LogP contribution < -0.4 is 25.4 Å². The summed E-state index contributed by atoms with van der Waals surface area (Å²) in [5, 5.41) is 8.73. The number of hydrogen-bond acceptors (Lipinski definition) is 6. The molecule has 0 spiro atoms. The third-order valence-electron chi connectivity index (χ3n) is 4.94. The van der Waals surface area contributed by atoms with E-state index in [-0.39, 0.29) is 5.91 Å². The summed E-state index contributed by atoms with van der Waals surface area (Å²) >= 11 is 1.12. The van der Waals surface area contributed by atoms with E-state index in [2.05, 4.69) is 20.9 Å². The molecular weight excluding hydrogens is 428 g/mol. The number of carbonyl (C=O) groups excluding carboxylic acids is 2. The van der Waals surface area contributed by atoms with Crippen molar-refractivity contribution in [2.75, 3.05) is 29.2 Å². The van der Waals surface area contributed by atoms with E-state index in [0.29, 0.717) is 46.1 Å². The Bertz CT molecular complexity index is 1180. The van der Waals surface area contributed by atoms with E-state index in [1.807, 2.05) is 32.9 Å². The molecule has 0 radical (unpaired) electrons. The topological polar surface area (TPSA) is 102 Å². The lowest BCUT2D eigenvalue weighted by molar-refractivity contribution is 0.102.